The molecule has 1 aromatic heterocycles. The Labute approximate surface area is 82.4 Å². The van der Waals surface area contributed by atoms with Crippen LogP contribution in [0.5, 0.6) is 0 Å². The van der Waals surface area contributed by atoms with Gasteiger partial charge in [-0.25, -0.2) is 9.78 Å². The summed E-state index contributed by atoms with van der Waals surface area (Å²) in [5, 5.41) is 8.72. The van der Waals surface area contributed by atoms with Crippen molar-refractivity contribution in [2.75, 3.05) is 18.0 Å². The summed E-state index contributed by atoms with van der Waals surface area (Å²) in [6, 6.07) is 0. The maximum atomic E-state index is 10.6. The Kier molecular flexibility index (Phi) is 3.39. The summed E-state index contributed by atoms with van der Waals surface area (Å²) in [4.78, 5) is 20.4. The molecule has 1 rings (SSSR count). The summed E-state index contributed by atoms with van der Waals surface area (Å²) in [6.45, 7) is 5.54. The third kappa shape index (κ3) is 2.18. The van der Waals surface area contributed by atoms with Crippen LogP contribution in [0.2, 0.25) is 0 Å². The molecule has 1 N–H and O–H groups in total. The maximum Gasteiger partial charge on any atom is 0.356 e. The highest BCUT2D eigenvalue weighted by atomic mass is 16.4. The number of aromatic carboxylic acids is 1. The molecule has 0 saturated heterocycles. The maximum absolute atomic E-state index is 10.6. The van der Waals surface area contributed by atoms with E-state index in [0.717, 1.165) is 13.1 Å². The average Bonchev–Trinajstić information content (AvgIpc) is 2.20. The molecule has 0 spiro atoms. The lowest BCUT2D eigenvalue weighted by atomic mass is 10.4. The third-order valence-electron chi connectivity index (χ3n) is 1.93. The van der Waals surface area contributed by atoms with Crippen LogP contribution in [-0.4, -0.2) is 34.1 Å². The van der Waals surface area contributed by atoms with E-state index in [0.29, 0.717) is 5.82 Å². The molecular formula is C9H13N3O2. The number of carboxylic acids is 1. The van der Waals surface area contributed by atoms with Gasteiger partial charge in [-0.05, 0) is 13.8 Å². The van der Waals surface area contributed by atoms with Gasteiger partial charge < -0.3 is 10.0 Å². The second kappa shape index (κ2) is 4.55. The first kappa shape index (κ1) is 10.4. The molecule has 5 heteroatoms. The van der Waals surface area contributed by atoms with Crippen LogP contribution in [0, 0.1) is 0 Å². The standard InChI is InChI=1S/C9H13N3O2/c1-3-12(4-2)8-6-10-5-7(11-8)9(13)14/h5-6H,3-4H2,1-2H3,(H,13,14). The van der Waals surface area contributed by atoms with Crippen LogP contribution in [0.25, 0.3) is 0 Å². The lowest BCUT2D eigenvalue weighted by Crippen LogP contribution is -2.23. The molecule has 0 aliphatic heterocycles. The third-order valence-corrected chi connectivity index (χ3v) is 1.93. The second-order valence-electron chi connectivity index (χ2n) is 2.74. The van der Waals surface area contributed by atoms with Crippen molar-refractivity contribution in [3.63, 3.8) is 0 Å². The number of aromatic nitrogens is 2. The van der Waals surface area contributed by atoms with Gasteiger partial charge in [0, 0.05) is 13.1 Å². The normalized spacial score (nSPS) is 9.86. The van der Waals surface area contributed by atoms with Crippen LogP contribution in [0.15, 0.2) is 12.4 Å². The molecule has 0 aliphatic rings. The van der Waals surface area contributed by atoms with Crippen LogP contribution in [-0.2, 0) is 0 Å². The first-order valence-electron chi connectivity index (χ1n) is 4.49. The van der Waals surface area contributed by atoms with Gasteiger partial charge >= 0.3 is 5.97 Å². The smallest absolute Gasteiger partial charge is 0.356 e. The molecule has 0 saturated carbocycles. The van der Waals surface area contributed by atoms with E-state index in [4.69, 9.17) is 5.11 Å². The zero-order valence-corrected chi connectivity index (χ0v) is 8.27. The van der Waals surface area contributed by atoms with E-state index < -0.39 is 5.97 Å². The number of hydrogen-bond donors (Lipinski definition) is 1. The van der Waals surface area contributed by atoms with E-state index in [9.17, 15) is 4.79 Å². The lowest BCUT2D eigenvalue weighted by molar-refractivity contribution is 0.0690. The number of carbonyl (C=O) groups is 1. The summed E-state index contributed by atoms with van der Waals surface area (Å²) >= 11 is 0. The monoisotopic (exact) mass is 195 g/mol. The van der Waals surface area contributed by atoms with Crippen LogP contribution < -0.4 is 4.90 Å². The Balaban J connectivity index is 2.98. The summed E-state index contributed by atoms with van der Waals surface area (Å²) in [5.74, 6) is -0.443. The molecule has 76 valence electrons. The van der Waals surface area contributed by atoms with Gasteiger partial charge in [0.05, 0.1) is 12.4 Å². The average molecular weight is 195 g/mol. The lowest BCUT2D eigenvalue weighted by Gasteiger charge is -2.18. The summed E-state index contributed by atoms with van der Waals surface area (Å²) in [7, 11) is 0. The molecule has 14 heavy (non-hydrogen) atoms. The molecule has 0 fully saturated rings. The molecule has 0 aliphatic carbocycles. The summed E-state index contributed by atoms with van der Waals surface area (Å²) in [5.41, 5.74) is -0.0191. The van der Waals surface area contributed by atoms with Crippen molar-refractivity contribution in [3.8, 4) is 0 Å². The SMILES string of the molecule is CCN(CC)c1cncc(C(=O)O)n1. The minimum absolute atomic E-state index is 0.0191. The molecule has 0 atom stereocenters. The minimum atomic E-state index is -1.05. The largest absolute Gasteiger partial charge is 0.476 e. The highest BCUT2D eigenvalue weighted by Crippen LogP contribution is 2.08. The van der Waals surface area contributed by atoms with Crippen molar-refractivity contribution in [1.29, 1.82) is 0 Å². The molecule has 0 unspecified atom stereocenters. The topological polar surface area (TPSA) is 66.3 Å². The first-order chi connectivity index (χ1) is 6.69. The molecule has 1 heterocycles. The minimum Gasteiger partial charge on any atom is -0.476 e. The van der Waals surface area contributed by atoms with Gasteiger partial charge in [0.1, 0.15) is 5.82 Å². The van der Waals surface area contributed by atoms with Gasteiger partial charge in [0.25, 0.3) is 0 Å². The Morgan fingerprint density at radius 1 is 1.43 bits per heavy atom. The van der Waals surface area contributed by atoms with Crippen LogP contribution in [0.3, 0.4) is 0 Å². The Morgan fingerprint density at radius 2 is 2.07 bits per heavy atom. The molecule has 0 bridgehead atoms. The van der Waals surface area contributed by atoms with E-state index in [1.807, 2.05) is 18.7 Å². The Morgan fingerprint density at radius 3 is 2.57 bits per heavy atom. The Hall–Kier alpha value is -1.65. The predicted molar refractivity (Wildman–Crippen MR) is 52.6 cm³/mol. The molecule has 0 radical (unpaired) electrons. The van der Waals surface area contributed by atoms with Gasteiger partial charge in [-0.2, -0.15) is 0 Å². The van der Waals surface area contributed by atoms with Crippen molar-refractivity contribution >= 4 is 11.8 Å². The quantitative estimate of drug-likeness (QED) is 0.777. The van der Waals surface area contributed by atoms with Crippen molar-refractivity contribution in [2.24, 2.45) is 0 Å². The highest BCUT2D eigenvalue weighted by Gasteiger charge is 2.09. The number of nitrogens with zero attached hydrogens (tertiary/aromatic N) is 3. The van der Waals surface area contributed by atoms with Crippen LogP contribution >= 0.6 is 0 Å². The van der Waals surface area contributed by atoms with Gasteiger partial charge in [0.2, 0.25) is 0 Å². The molecule has 5 nitrogen and oxygen atoms in total. The van der Waals surface area contributed by atoms with Gasteiger partial charge in [-0.1, -0.05) is 0 Å². The van der Waals surface area contributed by atoms with E-state index in [2.05, 4.69) is 9.97 Å². The zero-order valence-electron chi connectivity index (χ0n) is 8.27. The molecular weight excluding hydrogens is 182 g/mol. The van der Waals surface area contributed by atoms with E-state index in [-0.39, 0.29) is 5.69 Å². The Bertz CT molecular complexity index is 324. The van der Waals surface area contributed by atoms with Gasteiger partial charge in [-0.3, -0.25) is 4.98 Å². The second-order valence-corrected chi connectivity index (χ2v) is 2.74. The fraction of sp³-hybridized carbons (Fsp3) is 0.444. The first-order valence-corrected chi connectivity index (χ1v) is 4.49. The number of rotatable bonds is 4. The van der Waals surface area contributed by atoms with E-state index >= 15 is 0 Å². The van der Waals surface area contributed by atoms with Crippen molar-refractivity contribution < 1.29 is 9.90 Å². The fourth-order valence-corrected chi connectivity index (χ4v) is 1.16. The van der Waals surface area contributed by atoms with Crippen molar-refractivity contribution in [2.45, 2.75) is 13.8 Å². The summed E-state index contributed by atoms with van der Waals surface area (Å²) < 4.78 is 0. The van der Waals surface area contributed by atoms with Gasteiger partial charge in [0.15, 0.2) is 5.69 Å². The fourth-order valence-electron chi connectivity index (χ4n) is 1.16. The number of anilines is 1. The highest BCUT2D eigenvalue weighted by molar-refractivity contribution is 5.85. The van der Waals surface area contributed by atoms with Crippen molar-refractivity contribution in [1.82, 2.24) is 9.97 Å². The van der Waals surface area contributed by atoms with Gasteiger partial charge in [-0.15, -0.1) is 0 Å². The van der Waals surface area contributed by atoms with E-state index in [1.54, 1.807) is 6.20 Å². The number of carboxylic acid groups (broad SMARTS) is 1. The molecule has 0 amide bonds. The molecule has 1 aromatic rings. The van der Waals surface area contributed by atoms with Crippen LogP contribution in [0.1, 0.15) is 24.3 Å². The predicted octanol–water partition coefficient (Wildman–Crippen LogP) is 1.02. The van der Waals surface area contributed by atoms with Crippen molar-refractivity contribution in [3.05, 3.63) is 18.1 Å². The van der Waals surface area contributed by atoms with E-state index in [1.165, 1.54) is 6.20 Å². The summed E-state index contributed by atoms with van der Waals surface area (Å²) in [6.07, 6.45) is 2.81. The number of hydrogen-bond acceptors (Lipinski definition) is 4. The molecule has 0 aromatic carbocycles. The zero-order chi connectivity index (χ0) is 10.6. The van der Waals surface area contributed by atoms with Crippen LogP contribution in [0.4, 0.5) is 5.82 Å².